The molecule has 2 aliphatic heterocycles. The Kier molecular flexibility index (Phi) is 6.57. The van der Waals surface area contributed by atoms with Gasteiger partial charge >= 0.3 is 5.97 Å². The lowest BCUT2D eigenvalue weighted by molar-refractivity contribution is -0.139. The highest BCUT2D eigenvalue weighted by Gasteiger charge is 2.44. The molecule has 1 aromatic rings. The molecule has 0 bridgehead atoms. The summed E-state index contributed by atoms with van der Waals surface area (Å²) in [5, 5.41) is 10.1. The van der Waals surface area contributed by atoms with Gasteiger partial charge in [0.2, 0.25) is 0 Å². The monoisotopic (exact) mass is 428 g/mol. The maximum atomic E-state index is 13.1. The molecule has 158 valence electrons. The van der Waals surface area contributed by atoms with E-state index in [9.17, 15) is 10.1 Å². The summed E-state index contributed by atoms with van der Waals surface area (Å²) < 4.78 is 16.4. The van der Waals surface area contributed by atoms with Crippen molar-refractivity contribution in [3.05, 3.63) is 45.8 Å². The first kappa shape index (κ1) is 21.6. The molecule has 0 saturated heterocycles. The summed E-state index contributed by atoms with van der Waals surface area (Å²) in [5.41, 5.74) is 8.00. The number of carbonyl (C=O) groups is 1. The van der Waals surface area contributed by atoms with Crippen molar-refractivity contribution in [2.75, 3.05) is 20.8 Å². The second-order valence-corrected chi connectivity index (χ2v) is 7.51. The van der Waals surface area contributed by atoms with Crippen LogP contribution < -0.4 is 15.2 Å². The van der Waals surface area contributed by atoms with Crippen molar-refractivity contribution in [2.45, 2.75) is 32.7 Å². The number of ether oxygens (including phenoxy) is 3. The molecule has 30 heavy (non-hydrogen) atoms. The third kappa shape index (κ3) is 3.71. The van der Waals surface area contributed by atoms with Crippen molar-refractivity contribution in [3.63, 3.8) is 0 Å². The topological polar surface area (TPSA) is 110 Å². The Bertz CT molecular complexity index is 993. The molecule has 0 spiro atoms. The zero-order chi connectivity index (χ0) is 21.8. The summed E-state index contributed by atoms with van der Waals surface area (Å²) in [6.07, 6.45) is 1.37. The number of amidine groups is 1. The van der Waals surface area contributed by atoms with E-state index in [2.05, 4.69) is 11.1 Å². The minimum Gasteiger partial charge on any atom is -0.497 e. The summed E-state index contributed by atoms with van der Waals surface area (Å²) in [6, 6.07) is 6.80. The predicted molar refractivity (Wildman–Crippen MR) is 115 cm³/mol. The molecule has 2 aliphatic rings. The largest absolute Gasteiger partial charge is 0.497 e. The van der Waals surface area contributed by atoms with E-state index < -0.39 is 12.0 Å². The van der Waals surface area contributed by atoms with Gasteiger partial charge in [-0.05, 0) is 43.3 Å². The van der Waals surface area contributed by atoms with Crippen LogP contribution in [-0.2, 0) is 9.53 Å². The molecule has 0 aliphatic carbocycles. The molecule has 9 heteroatoms. The number of methoxy groups -OCH3 is 2. The molecule has 0 saturated carbocycles. The molecule has 2 N–H and O–H groups in total. The van der Waals surface area contributed by atoms with Crippen LogP contribution in [0.5, 0.6) is 11.5 Å². The fraction of sp³-hybridized carbons (Fsp3) is 0.381. The Morgan fingerprint density at radius 3 is 2.70 bits per heavy atom. The van der Waals surface area contributed by atoms with Crippen molar-refractivity contribution >= 4 is 22.9 Å². The molecule has 1 aromatic carbocycles. The molecule has 0 amide bonds. The minimum absolute atomic E-state index is 0.226. The molecule has 2 heterocycles. The molecule has 0 fully saturated rings. The lowest BCUT2D eigenvalue weighted by Crippen LogP contribution is -2.39. The van der Waals surface area contributed by atoms with Crippen LogP contribution in [0.15, 0.2) is 45.2 Å². The van der Waals surface area contributed by atoms with Crippen LogP contribution in [-0.4, -0.2) is 36.9 Å². The predicted octanol–water partition coefficient (Wildman–Crippen LogP) is 3.43. The van der Waals surface area contributed by atoms with E-state index in [1.54, 1.807) is 44.2 Å². The molecular weight excluding hydrogens is 404 g/mol. The van der Waals surface area contributed by atoms with Crippen LogP contribution >= 0.6 is 11.8 Å². The number of hydrogen-bond acceptors (Lipinski definition) is 9. The number of nitrogens with zero attached hydrogens (tertiary/aromatic N) is 3. The quantitative estimate of drug-likeness (QED) is 0.658. The summed E-state index contributed by atoms with van der Waals surface area (Å²) in [5.74, 6) is 0.934. The van der Waals surface area contributed by atoms with Gasteiger partial charge in [0.15, 0.2) is 5.17 Å². The molecule has 0 radical (unpaired) electrons. The van der Waals surface area contributed by atoms with E-state index in [1.807, 2.05) is 6.92 Å². The average Bonchev–Trinajstić information content (AvgIpc) is 3.07. The van der Waals surface area contributed by atoms with Gasteiger partial charge in [-0.2, -0.15) is 5.26 Å². The number of esters is 1. The van der Waals surface area contributed by atoms with E-state index in [-0.39, 0.29) is 12.4 Å². The van der Waals surface area contributed by atoms with Crippen LogP contribution in [0.1, 0.15) is 38.3 Å². The van der Waals surface area contributed by atoms with E-state index in [4.69, 9.17) is 19.9 Å². The first-order valence-corrected chi connectivity index (χ1v) is 10.4. The molecule has 0 aromatic heterocycles. The second-order valence-electron chi connectivity index (χ2n) is 6.53. The van der Waals surface area contributed by atoms with Crippen molar-refractivity contribution in [2.24, 2.45) is 10.7 Å². The number of hydrogen-bond donors (Lipinski definition) is 1. The van der Waals surface area contributed by atoms with Gasteiger partial charge < -0.3 is 19.9 Å². The number of rotatable bonds is 7. The maximum absolute atomic E-state index is 13.1. The Morgan fingerprint density at radius 2 is 2.10 bits per heavy atom. The Balaban J connectivity index is 2.31. The van der Waals surface area contributed by atoms with Crippen molar-refractivity contribution in [1.82, 2.24) is 4.90 Å². The van der Waals surface area contributed by atoms with Crippen LogP contribution in [0.25, 0.3) is 0 Å². The van der Waals surface area contributed by atoms with Crippen LogP contribution in [0, 0.1) is 11.3 Å². The average molecular weight is 429 g/mol. The molecule has 1 atom stereocenters. The van der Waals surface area contributed by atoms with Crippen molar-refractivity contribution in [1.29, 1.82) is 5.26 Å². The van der Waals surface area contributed by atoms with Gasteiger partial charge in [0.05, 0.1) is 32.1 Å². The normalized spacial score (nSPS) is 18.0. The van der Waals surface area contributed by atoms with Gasteiger partial charge in [-0.1, -0.05) is 13.3 Å². The Morgan fingerprint density at radius 1 is 1.33 bits per heavy atom. The molecular formula is C21H24N4O4S. The van der Waals surface area contributed by atoms with Gasteiger partial charge in [0, 0.05) is 5.56 Å². The first-order chi connectivity index (χ1) is 14.5. The molecule has 8 nitrogen and oxygen atoms in total. The minimum atomic E-state index is -0.665. The summed E-state index contributed by atoms with van der Waals surface area (Å²) in [6.45, 7) is 3.99. The van der Waals surface area contributed by atoms with Crippen LogP contribution in [0.3, 0.4) is 0 Å². The zero-order valence-corrected chi connectivity index (χ0v) is 18.2. The summed E-state index contributed by atoms with van der Waals surface area (Å²) >= 11 is 1.19. The smallest absolute Gasteiger partial charge is 0.338 e. The van der Waals surface area contributed by atoms with E-state index in [0.717, 1.165) is 6.42 Å². The van der Waals surface area contributed by atoms with E-state index in [1.165, 1.54) is 11.8 Å². The van der Waals surface area contributed by atoms with Gasteiger partial charge in [0.25, 0.3) is 0 Å². The Labute approximate surface area is 180 Å². The highest BCUT2D eigenvalue weighted by molar-refractivity contribution is 8.17. The van der Waals surface area contributed by atoms with Crippen molar-refractivity contribution in [3.8, 4) is 17.6 Å². The van der Waals surface area contributed by atoms with Gasteiger partial charge in [-0.25, -0.2) is 9.79 Å². The highest BCUT2D eigenvalue weighted by atomic mass is 32.2. The number of nitriles is 1. The third-order valence-electron chi connectivity index (χ3n) is 4.78. The standard InChI is InChI=1S/C21H24N4O4S/c1-5-7-14-17(20(26)29-6-2)18(13-10-12(27-3)8-9-15(13)28-4)25-19(23)16(11-22)30-21(25)24-14/h8-10,18H,5-7,23H2,1-4H3/t18-/m0/s1. The fourth-order valence-electron chi connectivity index (χ4n) is 3.49. The SMILES string of the molecule is CCCC1=C(C(=O)OCC)[C@H](c2cc(OC)ccc2OC)N2C(=N1)SC(C#N)=C2N. The summed E-state index contributed by atoms with van der Waals surface area (Å²) in [4.78, 5) is 19.8. The maximum Gasteiger partial charge on any atom is 0.338 e. The number of thioether (sulfide) groups is 1. The third-order valence-corrected chi connectivity index (χ3v) is 5.76. The van der Waals surface area contributed by atoms with Crippen molar-refractivity contribution < 1.29 is 19.0 Å². The molecule has 0 unspecified atom stereocenters. The lowest BCUT2D eigenvalue weighted by atomic mass is 9.92. The molecule has 3 rings (SSSR count). The highest BCUT2D eigenvalue weighted by Crippen LogP contribution is 2.48. The zero-order valence-electron chi connectivity index (χ0n) is 17.4. The fourth-order valence-corrected chi connectivity index (χ4v) is 4.38. The lowest BCUT2D eigenvalue weighted by Gasteiger charge is -2.36. The second kappa shape index (κ2) is 9.13. The van der Waals surface area contributed by atoms with Gasteiger partial charge in [0.1, 0.15) is 34.3 Å². The first-order valence-electron chi connectivity index (χ1n) is 9.58. The Hall–Kier alpha value is -3.12. The van der Waals surface area contributed by atoms with E-state index in [0.29, 0.717) is 44.8 Å². The van der Waals surface area contributed by atoms with Gasteiger partial charge in [-0.3, -0.25) is 4.90 Å². The number of benzene rings is 1. The number of carbonyl (C=O) groups excluding carboxylic acids is 1. The number of aliphatic imine (C=N–C) groups is 1. The van der Waals surface area contributed by atoms with E-state index >= 15 is 0 Å². The number of fused-ring (bicyclic) bond motifs is 1. The summed E-state index contributed by atoms with van der Waals surface area (Å²) in [7, 11) is 3.13. The number of nitrogens with two attached hydrogens (primary N) is 1. The van der Waals surface area contributed by atoms with Crippen LogP contribution in [0.4, 0.5) is 0 Å². The number of allylic oxidation sites excluding steroid dienone is 2. The van der Waals surface area contributed by atoms with Crippen LogP contribution in [0.2, 0.25) is 0 Å². The van der Waals surface area contributed by atoms with Gasteiger partial charge in [-0.15, -0.1) is 0 Å².